The van der Waals surface area contributed by atoms with Gasteiger partial charge in [-0.05, 0) is 48.9 Å². The number of aromatic nitrogens is 1. The number of carbonyl (C=O) groups is 2. The molecule has 0 unspecified atom stereocenters. The maximum Gasteiger partial charge on any atom is 0.345 e. The van der Waals surface area contributed by atoms with Crippen LogP contribution in [0.25, 0.3) is 0 Å². The lowest BCUT2D eigenvalue weighted by Crippen LogP contribution is -2.17. The Morgan fingerprint density at radius 1 is 1.11 bits per heavy atom. The van der Waals surface area contributed by atoms with Gasteiger partial charge < -0.3 is 4.74 Å². The van der Waals surface area contributed by atoms with Gasteiger partial charge in [-0.15, -0.1) is 0 Å². The molecule has 0 saturated heterocycles. The van der Waals surface area contributed by atoms with Crippen LogP contribution in [0.4, 0.5) is 0 Å². The summed E-state index contributed by atoms with van der Waals surface area (Å²) >= 11 is 6.01. The Balaban J connectivity index is 1.63. The summed E-state index contributed by atoms with van der Waals surface area (Å²) in [7, 11) is 0. The van der Waals surface area contributed by atoms with Crippen molar-refractivity contribution in [2.24, 2.45) is 5.10 Å². The highest BCUT2D eigenvalue weighted by molar-refractivity contribution is 6.33. The van der Waals surface area contributed by atoms with Crippen LogP contribution in [0.2, 0.25) is 5.02 Å². The monoisotopic (exact) mass is 393 g/mol. The van der Waals surface area contributed by atoms with Gasteiger partial charge in [0.15, 0.2) is 0 Å². The average molecular weight is 394 g/mol. The maximum absolute atomic E-state index is 12.2. The number of pyridine rings is 1. The van der Waals surface area contributed by atoms with Crippen molar-refractivity contribution in [3.63, 3.8) is 0 Å². The number of aryl methyl sites for hydroxylation is 1. The molecule has 7 heteroatoms. The van der Waals surface area contributed by atoms with Gasteiger partial charge in [0, 0.05) is 11.9 Å². The molecule has 28 heavy (non-hydrogen) atoms. The lowest BCUT2D eigenvalue weighted by atomic mass is 10.2. The summed E-state index contributed by atoms with van der Waals surface area (Å²) in [5.74, 6) is -0.590. The molecule has 1 aromatic heterocycles. The molecule has 2 aromatic carbocycles. The fourth-order valence-corrected chi connectivity index (χ4v) is 2.49. The van der Waals surface area contributed by atoms with Gasteiger partial charge in [0.05, 0.1) is 22.4 Å². The van der Waals surface area contributed by atoms with Crippen LogP contribution >= 0.6 is 11.6 Å². The van der Waals surface area contributed by atoms with Crippen molar-refractivity contribution in [3.8, 4) is 5.75 Å². The summed E-state index contributed by atoms with van der Waals surface area (Å²) in [4.78, 5) is 28.3. The number of ether oxygens (including phenoxy) is 1. The van der Waals surface area contributed by atoms with E-state index in [1.54, 1.807) is 60.7 Å². The number of rotatable bonds is 5. The molecule has 0 aliphatic heterocycles. The third-order valence-corrected chi connectivity index (χ3v) is 4.05. The molecular formula is C21H16ClN3O3. The molecule has 0 spiro atoms. The molecule has 140 valence electrons. The number of hydrazone groups is 1. The van der Waals surface area contributed by atoms with E-state index >= 15 is 0 Å². The third-order valence-electron chi connectivity index (χ3n) is 3.72. The number of hydrogen-bond donors (Lipinski definition) is 1. The number of carbonyl (C=O) groups excluding carboxylic acids is 2. The van der Waals surface area contributed by atoms with E-state index in [-0.39, 0.29) is 11.5 Å². The first-order chi connectivity index (χ1) is 13.5. The van der Waals surface area contributed by atoms with Gasteiger partial charge in [0.1, 0.15) is 5.75 Å². The summed E-state index contributed by atoms with van der Waals surface area (Å²) in [6.45, 7) is 1.84. The molecule has 0 atom stereocenters. The smallest absolute Gasteiger partial charge is 0.345 e. The van der Waals surface area contributed by atoms with Gasteiger partial charge in [-0.3, -0.25) is 9.78 Å². The Hall–Kier alpha value is -3.51. The average Bonchev–Trinajstić information content (AvgIpc) is 2.69. The van der Waals surface area contributed by atoms with Crippen LogP contribution in [0.3, 0.4) is 0 Å². The number of nitrogens with one attached hydrogen (secondary N) is 1. The summed E-state index contributed by atoms with van der Waals surface area (Å²) < 4.78 is 5.35. The van der Waals surface area contributed by atoms with Crippen molar-refractivity contribution in [1.29, 1.82) is 0 Å². The van der Waals surface area contributed by atoms with Gasteiger partial charge >= 0.3 is 5.97 Å². The standard InChI is InChI=1S/C21H16ClN3O3/c1-14-9-10-16(13-23-14)20(26)25-24-12-15-5-4-6-17(11-15)28-21(27)18-7-2-3-8-19(18)22/h2-13H,1H3,(H,25,26). The topological polar surface area (TPSA) is 80.6 Å². The van der Waals surface area contributed by atoms with Crippen molar-refractivity contribution < 1.29 is 14.3 Å². The zero-order chi connectivity index (χ0) is 19.9. The molecule has 0 saturated carbocycles. The van der Waals surface area contributed by atoms with Crippen LogP contribution in [0.1, 0.15) is 32.0 Å². The van der Waals surface area contributed by atoms with E-state index in [9.17, 15) is 9.59 Å². The Labute approximate surface area is 166 Å². The molecule has 1 amide bonds. The van der Waals surface area contributed by atoms with Gasteiger partial charge in [0.2, 0.25) is 0 Å². The Morgan fingerprint density at radius 3 is 2.68 bits per heavy atom. The van der Waals surface area contributed by atoms with E-state index in [4.69, 9.17) is 16.3 Å². The summed E-state index contributed by atoms with van der Waals surface area (Å²) in [5.41, 5.74) is 4.58. The highest BCUT2D eigenvalue weighted by Crippen LogP contribution is 2.19. The second kappa shape index (κ2) is 8.92. The quantitative estimate of drug-likeness (QED) is 0.307. The first-order valence-corrected chi connectivity index (χ1v) is 8.73. The van der Waals surface area contributed by atoms with Gasteiger partial charge in [-0.1, -0.05) is 35.9 Å². The van der Waals surface area contributed by atoms with Gasteiger partial charge in [0.25, 0.3) is 5.91 Å². The van der Waals surface area contributed by atoms with Gasteiger partial charge in [-0.2, -0.15) is 5.10 Å². The second-order valence-electron chi connectivity index (χ2n) is 5.83. The Morgan fingerprint density at radius 2 is 1.93 bits per heavy atom. The van der Waals surface area contributed by atoms with Crippen molar-refractivity contribution in [2.75, 3.05) is 0 Å². The SMILES string of the molecule is Cc1ccc(C(=O)NN=Cc2cccc(OC(=O)c3ccccc3Cl)c2)cn1. The summed E-state index contributed by atoms with van der Waals surface area (Å²) in [5, 5.41) is 4.24. The lowest BCUT2D eigenvalue weighted by Gasteiger charge is -2.06. The normalized spacial score (nSPS) is 10.6. The molecule has 1 heterocycles. The van der Waals surface area contributed by atoms with Crippen molar-refractivity contribution in [1.82, 2.24) is 10.4 Å². The Bertz CT molecular complexity index is 1030. The third kappa shape index (κ3) is 5.02. The molecule has 1 N–H and O–H groups in total. The zero-order valence-electron chi connectivity index (χ0n) is 14.9. The predicted octanol–water partition coefficient (Wildman–Crippen LogP) is 4.03. The molecule has 3 rings (SSSR count). The zero-order valence-corrected chi connectivity index (χ0v) is 15.7. The summed E-state index contributed by atoms with van der Waals surface area (Å²) in [6.07, 6.45) is 2.93. The van der Waals surface area contributed by atoms with E-state index in [1.165, 1.54) is 12.4 Å². The first-order valence-electron chi connectivity index (χ1n) is 8.36. The van der Waals surface area contributed by atoms with E-state index in [2.05, 4.69) is 15.5 Å². The molecule has 0 fully saturated rings. The lowest BCUT2D eigenvalue weighted by molar-refractivity contribution is 0.0734. The van der Waals surface area contributed by atoms with E-state index in [1.807, 2.05) is 6.92 Å². The second-order valence-corrected chi connectivity index (χ2v) is 6.24. The minimum Gasteiger partial charge on any atom is -0.423 e. The van der Waals surface area contributed by atoms with E-state index < -0.39 is 5.97 Å². The van der Waals surface area contributed by atoms with Crippen LogP contribution in [0.5, 0.6) is 5.75 Å². The van der Waals surface area contributed by atoms with Crippen LogP contribution in [0, 0.1) is 6.92 Å². The van der Waals surface area contributed by atoms with Crippen LogP contribution in [0.15, 0.2) is 72.0 Å². The fourth-order valence-electron chi connectivity index (χ4n) is 2.28. The molecule has 0 aliphatic rings. The molecule has 3 aromatic rings. The number of amides is 1. The van der Waals surface area contributed by atoms with Gasteiger partial charge in [-0.25, -0.2) is 10.2 Å². The van der Waals surface area contributed by atoms with Crippen LogP contribution < -0.4 is 10.2 Å². The highest BCUT2D eigenvalue weighted by Gasteiger charge is 2.12. The molecule has 0 bridgehead atoms. The first kappa shape index (κ1) is 19.3. The van der Waals surface area contributed by atoms with E-state index in [0.29, 0.717) is 21.9 Å². The van der Waals surface area contributed by atoms with Crippen molar-refractivity contribution in [3.05, 3.63) is 94.3 Å². The van der Waals surface area contributed by atoms with Crippen molar-refractivity contribution >= 4 is 29.7 Å². The number of hydrogen-bond acceptors (Lipinski definition) is 5. The minimum absolute atomic E-state index is 0.280. The number of benzene rings is 2. The molecular weight excluding hydrogens is 378 g/mol. The largest absolute Gasteiger partial charge is 0.423 e. The van der Waals surface area contributed by atoms with Crippen molar-refractivity contribution in [2.45, 2.75) is 6.92 Å². The summed E-state index contributed by atoms with van der Waals surface area (Å²) in [6, 6.07) is 16.8. The maximum atomic E-state index is 12.2. The minimum atomic E-state index is -0.556. The van der Waals surface area contributed by atoms with Crippen LogP contribution in [-0.4, -0.2) is 23.1 Å². The Kier molecular flexibility index (Phi) is 6.14. The number of halogens is 1. The highest BCUT2D eigenvalue weighted by atomic mass is 35.5. The molecule has 0 radical (unpaired) electrons. The number of esters is 1. The predicted molar refractivity (Wildman–Crippen MR) is 107 cm³/mol. The fraction of sp³-hybridized carbons (Fsp3) is 0.0476. The van der Waals surface area contributed by atoms with Crippen LogP contribution in [-0.2, 0) is 0 Å². The van der Waals surface area contributed by atoms with E-state index in [0.717, 1.165) is 5.69 Å². The molecule has 6 nitrogen and oxygen atoms in total. The molecule has 0 aliphatic carbocycles. The number of nitrogens with zero attached hydrogens (tertiary/aromatic N) is 2.